The summed E-state index contributed by atoms with van der Waals surface area (Å²) in [6.07, 6.45) is 0. The molecule has 48 heavy (non-hydrogen) atoms. The van der Waals surface area contributed by atoms with Gasteiger partial charge in [-0.1, -0.05) is 148 Å². The first-order valence-electron chi connectivity index (χ1n) is 16.9. The lowest BCUT2D eigenvalue weighted by Crippen LogP contribution is -2.56. The van der Waals surface area contributed by atoms with Crippen LogP contribution in [0.5, 0.6) is 0 Å². The van der Waals surface area contributed by atoms with Gasteiger partial charge in [-0.2, -0.15) is 0 Å². The van der Waals surface area contributed by atoms with Crippen LogP contribution in [0.25, 0.3) is 33.0 Å². The average molecular weight is 652 g/mol. The quantitative estimate of drug-likeness (QED) is 0.174. The second-order valence-corrected chi connectivity index (χ2v) is 19.6. The fraction of sp³-hybridized carbons (Fsp3) is 0.111. The molecular weight excluding hydrogens is 615 g/mol. The number of rotatable bonds is 4. The van der Waals surface area contributed by atoms with Crippen molar-refractivity contribution in [3.8, 4) is 22.3 Å². The molecule has 1 aliphatic heterocycles. The molecule has 0 saturated heterocycles. The van der Waals surface area contributed by atoms with Gasteiger partial charge in [0, 0.05) is 32.0 Å². The summed E-state index contributed by atoms with van der Waals surface area (Å²) in [5.41, 5.74) is 11.4. The van der Waals surface area contributed by atoms with Crippen LogP contribution in [0.2, 0.25) is 13.1 Å². The first-order valence-corrected chi connectivity index (χ1v) is 20.7. The number of hydrogen-bond acceptors (Lipinski definition) is 2. The number of hydrogen-bond donors (Lipinski definition) is 0. The Bertz CT molecular complexity index is 2380. The lowest BCUT2D eigenvalue weighted by atomic mass is 9.82. The van der Waals surface area contributed by atoms with Gasteiger partial charge in [0.15, 0.2) is 0 Å². The Morgan fingerprint density at radius 3 is 2.06 bits per heavy atom. The van der Waals surface area contributed by atoms with Gasteiger partial charge in [-0.25, -0.2) is 0 Å². The summed E-state index contributed by atoms with van der Waals surface area (Å²) in [6, 6.07) is 56.7. The van der Waals surface area contributed by atoms with Gasteiger partial charge in [0.1, 0.15) is 8.07 Å². The number of anilines is 3. The van der Waals surface area contributed by atoms with E-state index in [0.29, 0.717) is 0 Å². The highest BCUT2D eigenvalue weighted by Gasteiger charge is 2.36. The second kappa shape index (κ2) is 10.8. The molecule has 1 aliphatic carbocycles. The predicted molar refractivity (Wildman–Crippen MR) is 209 cm³/mol. The molecule has 1 heterocycles. The van der Waals surface area contributed by atoms with Gasteiger partial charge in [-0.05, 0) is 91.6 Å². The summed E-state index contributed by atoms with van der Waals surface area (Å²) < 4.78 is 0. The van der Waals surface area contributed by atoms with Gasteiger partial charge in [0.05, 0.1) is 5.69 Å². The summed E-state index contributed by atoms with van der Waals surface area (Å²) in [5.74, 6) is 0. The Kier molecular flexibility index (Phi) is 6.62. The molecule has 3 heteroatoms. The maximum Gasteiger partial charge on any atom is 0.115 e. The smallest absolute Gasteiger partial charge is 0.115 e. The van der Waals surface area contributed by atoms with Crippen LogP contribution in [0.1, 0.15) is 25.0 Å². The van der Waals surface area contributed by atoms with E-state index in [1.54, 1.807) is 5.19 Å². The average Bonchev–Trinajstić information content (AvgIpc) is 3.34. The number of benzene rings is 7. The maximum atomic E-state index is 2.50. The zero-order valence-electron chi connectivity index (χ0n) is 27.8. The van der Waals surface area contributed by atoms with Crippen LogP contribution in [-0.4, -0.2) is 8.07 Å². The Labute approximate surface area is 288 Å². The monoisotopic (exact) mass is 651 g/mol. The van der Waals surface area contributed by atoms with Crippen molar-refractivity contribution in [2.24, 2.45) is 0 Å². The number of fused-ring (bicyclic) bond motifs is 6. The van der Waals surface area contributed by atoms with Crippen LogP contribution < -0.4 is 15.3 Å². The highest BCUT2D eigenvalue weighted by Crippen LogP contribution is 2.51. The van der Waals surface area contributed by atoms with Gasteiger partial charge in [-0.15, -0.1) is 0 Å². The lowest BCUT2D eigenvalue weighted by Gasteiger charge is -2.33. The van der Waals surface area contributed by atoms with Gasteiger partial charge < -0.3 is 4.90 Å². The van der Waals surface area contributed by atoms with Gasteiger partial charge in [-0.3, -0.25) is 0 Å². The molecule has 0 saturated carbocycles. The molecule has 0 aromatic heterocycles. The van der Waals surface area contributed by atoms with Crippen LogP contribution >= 0.6 is 11.8 Å². The van der Waals surface area contributed by atoms with Crippen molar-refractivity contribution in [2.45, 2.75) is 42.1 Å². The third kappa shape index (κ3) is 4.45. The molecule has 0 radical (unpaired) electrons. The summed E-state index contributed by atoms with van der Waals surface area (Å²) in [5, 5.41) is 5.56. The van der Waals surface area contributed by atoms with Gasteiger partial charge in [0.25, 0.3) is 0 Å². The molecule has 7 aromatic carbocycles. The van der Waals surface area contributed by atoms with E-state index in [-0.39, 0.29) is 5.41 Å². The minimum atomic E-state index is -1.81. The van der Waals surface area contributed by atoms with Gasteiger partial charge in [0.2, 0.25) is 0 Å². The molecule has 0 N–H and O–H groups in total. The van der Waals surface area contributed by atoms with E-state index in [4.69, 9.17) is 0 Å². The van der Waals surface area contributed by atoms with Crippen LogP contribution in [0.3, 0.4) is 0 Å². The predicted octanol–water partition coefficient (Wildman–Crippen LogP) is 11.6. The van der Waals surface area contributed by atoms with E-state index in [0.717, 1.165) is 5.69 Å². The standard InChI is InChI=1S/C45H37NSSi/c1-45(2)38-16-8-7-15-36(38)37-26-25-34(29-39(37)45)46(40-17-11-13-31-12-5-6-14-35(31)40)33-23-20-30(21-24-33)32-22-27-42-44(28-32)48(3,4)43-19-10-9-18-41(43)47-42/h5-29H,1-4H3. The molecule has 0 bridgehead atoms. The summed E-state index contributed by atoms with van der Waals surface area (Å²) in [7, 11) is -1.81. The fourth-order valence-corrected chi connectivity index (χ4v) is 13.5. The molecule has 0 unspecified atom stereocenters. The third-order valence-electron chi connectivity index (χ3n) is 10.7. The number of nitrogens with zero attached hydrogens (tertiary/aromatic N) is 1. The Morgan fingerprint density at radius 1 is 0.521 bits per heavy atom. The first kappa shape index (κ1) is 29.3. The second-order valence-electron chi connectivity index (χ2n) is 14.2. The van der Waals surface area contributed by atoms with E-state index in [1.165, 1.54) is 70.5 Å². The molecular formula is C45H37NSSi. The highest BCUT2D eigenvalue weighted by molar-refractivity contribution is 8.00. The zero-order chi connectivity index (χ0) is 32.6. The summed E-state index contributed by atoms with van der Waals surface area (Å²) in [4.78, 5) is 5.28. The van der Waals surface area contributed by atoms with Crippen molar-refractivity contribution in [1.82, 2.24) is 0 Å². The van der Waals surface area contributed by atoms with Crippen molar-refractivity contribution >= 4 is 58.0 Å². The van der Waals surface area contributed by atoms with Crippen LogP contribution in [-0.2, 0) is 5.41 Å². The van der Waals surface area contributed by atoms with Crippen molar-refractivity contribution in [2.75, 3.05) is 4.90 Å². The molecule has 1 nitrogen and oxygen atoms in total. The van der Waals surface area contributed by atoms with Crippen LogP contribution in [0, 0.1) is 0 Å². The van der Waals surface area contributed by atoms with E-state index in [9.17, 15) is 0 Å². The molecule has 0 fully saturated rings. The first-order chi connectivity index (χ1) is 23.3. The van der Waals surface area contributed by atoms with Crippen molar-refractivity contribution in [1.29, 1.82) is 0 Å². The maximum absolute atomic E-state index is 2.50. The molecule has 9 rings (SSSR count). The fourth-order valence-electron chi connectivity index (χ4n) is 8.09. The van der Waals surface area contributed by atoms with Crippen molar-refractivity contribution in [3.63, 3.8) is 0 Å². The minimum absolute atomic E-state index is 0.0709. The Morgan fingerprint density at radius 2 is 1.19 bits per heavy atom. The lowest BCUT2D eigenvalue weighted by molar-refractivity contribution is 0.660. The Hall–Kier alpha value is -4.83. The molecule has 0 amide bonds. The Balaban J connectivity index is 1.16. The topological polar surface area (TPSA) is 3.24 Å². The van der Waals surface area contributed by atoms with E-state index < -0.39 is 8.07 Å². The minimum Gasteiger partial charge on any atom is -0.310 e. The van der Waals surface area contributed by atoms with Crippen LogP contribution in [0.15, 0.2) is 161 Å². The van der Waals surface area contributed by atoms with Crippen molar-refractivity contribution < 1.29 is 0 Å². The van der Waals surface area contributed by atoms with E-state index >= 15 is 0 Å². The normalized spacial score (nSPS) is 14.9. The molecule has 0 spiro atoms. The van der Waals surface area contributed by atoms with E-state index in [1.807, 2.05) is 11.8 Å². The molecule has 7 aromatic rings. The molecule has 232 valence electrons. The summed E-state index contributed by atoms with van der Waals surface area (Å²) in [6.45, 7) is 9.71. The zero-order valence-corrected chi connectivity index (χ0v) is 29.6. The van der Waals surface area contributed by atoms with E-state index in [2.05, 4.69) is 184 Å². The highest BCUT2D eigenvalue weighted by atomic mass is 32.2. The van der Waals surface area contributed by atoms with Crippen molar-refractivity contribution in [3.05, 3.63) is 163 Å². The van der Waals surface area contributed by atoms with Crippen LogP contribution in [0.4, 0.5) is 17.1 Å². The summed E-state index contributed by atoms with van der Waals surface area (Å²) >= 11 is 1.92. The SMILES string of the molecule is CC1(C)c2ccccc2-c2ccc(N(c3ccc(-c4ccc5c(c4)[Si](C)(C)c4ccccc4S5)cc3)c3cccc4ccccc34)cc21. The largest absolute Gasteiger partial charge is 0.310 e. The molecule has 2 aliphatic rings. The third-order valence-corrected chi connectivity index (χ3v) is 15.8. The van der Waals surface area contributed by atoms with Gasteiger partial charge >= 0.3 is 0 Å². The molecule has 0 atom stereocenters.